The van der Waals surface area contributed by atoms with E-state index in [2.05, 4.69) is 23.8 Å². The van der Waals surface area contributed by atoms with E-state index in [0.29, 0.717) is 0 Å². The fraction of sp³-hybridized carbons (Fsp3) is 0.476. The molecule has 44 heavy (non-hydrogen) atoms. The van der Waals surface area contributed by atoms with Crippen LogP contribution in [0.4, 0.5) is 5.82 Å². The maximum atomic E-state index is 12.4. The van der Waals surface area contributed by atoms with Crippen molar-refractivity contribution in [2.24, 2.45) is 5.73 Å². The maximum absolute atomic E-state index is 12.4. The van der Waals surface area contributed by atoms with Crippen molar-refractivity contribution < 1.29 is 71.5 Å². The first-order valence-electron chi connectivity index (χ1n) is 12.6. The van der Waals surface area contributed by atoms with Crippen LogP contribution in [0.15, 0.2) is 37.2 Å². The van der Waals surface area contributed by atoms with E-state index in [-0.39, 0.29) is 22.5 Å². The summed E-state index contributed by atoms with van der Waals surface area (Å²) >= 11 is 0. The first-order valence-corrected chi connectivity index (χ1v) is 15.6. The van der Waals surface area contributed by atoms with E-state index in [0.717, 1.165) is 6.33 Å². The number of imidazole rings is 1. The Morgan fingerprint density at radius 2 is 1.61 bits per heavy atom. The van der Waals surface area contributed by atoms with Crippen molar-refractivity contribution in [1.82, 2.24) is 19.5 Å². The summed E-state index contributed by atoms with van der Waals surface area (Å²) < 4.78 is 52.0. The van der Waals surface area contributed by atoms with Crippen molar-refractivity contribution in [1.29, 1.82) is 0 Å². The van der Waals surface area contributed by atoms with Crippen LogP contribution in [0.1, 0.15) is 22.8 Å². The normalized spacial score (nSPS) is 31.6. The zero-order chi connectivity index (χ0) is 32.0. The lowest BCUT2D eigenvalue weighted by Gasteiger charge is -2.20. The number of pyridine rings is 1. The fourth-order valence-electron chi connectivity index (χ4n) is 4.58. The van der Waals surface area contributed by atoms with E-state index in [1.165, 1.54) is 40.0 Å². The highest BCUT2D eigenvalue weighted by Gasteiger charge is 2.50. The van der Waals surface area contributed by atoms with Gasteiger partial charge in [-0.1, -0.05) is 0 Å². The fourth-order valence-corrected chi connectivity index (χ4v) is 6.67. The molecule has 23 heteroatoms. The average Bonchev–Trinajstić information content (AvgIpc) is 3.61. The van der Waals surface area contributed by atoms with Crippen LogP contribution in [0.25, 0.3) is 11.2 Å². The number of carbonyl (C=O) groups excluding carboxylic acids is 1. The number of aliphatic hydroxyl groups is 4. The molecule has 10 atom stereocenters. The van der Waals surface area contributed by atoms with Gasteiger partial charge in [-0.25, -0.2) is 24.1 Å². The number of hydrogen-bond donors (Lipinski definition) is 8. The zero-order valence-electron chi connectivity index (χ0n) is 22.2. The molecule has 2 unspecified atom stereocenters. The van der Waals surface area contributed by atoms with Crippen molar-refractivity contribution in [2.75, 3.05) is 18.9 Å². The number of anilines is 1. The Morgan fingerprint density at radius 1 is 0.977 bits per heavy atom. The zero-order valence-corrected chi connectivity index (χ0v) is 24.0. The minimum atomic E-state index is -5.37. The molecule has 1 amide bonds. The third kappa shape index (κ3) is 6.65. The molecule has 2 fully saturated rings. The standard InChI is InChI=1S/C21H27N7O14P2/c22-17-12-19(25-7-24-17)28(8-26-12)21-16(32)14(30)11(41-21)6-39-44(36,37)42-43(34,35)38-5-10-13(29)15(31)20(40-10)27-3-1-2-9(4-27)18(23)33/h1-4,7-8,10-11,13-16,20-21,29-32H,5-6H2,(H5-,22,23,24,25,33,34,35,36,37)/p+1/t10-,11+,13-,14-,15-,16-,20-,21+/m1/s1. The number of aromatic nitrogens is 5. The van der Waals surface area contributed by atoms with E-state index in [9.17, 15) is 44.1 Å². The molecule has 5 heterocycles. The van der Waals surface area contributed by atoms with Crippen molar-refractivity contribution in [3.05, 3.63) is 42.7 Å². The summed E-state index contributed by atoms with van der Waals surface area (Å²) in [6.07, 6.45) is -6.85. The quantitative estimate of drug-likeness (QED) is 0.0747. The number of phosphoric ester groups is 2. The van der Waals surface area contributed by atoms with Gasteiger partial charge in [0.1, 0.15) is 47.9 Å². The summed E-state index contributed by atoms with van der Waals surface area (Å²) in [6, 6.07) is 2.83. The minimum absolute atomic E-state index is 0.0505. The molecule has 21 nitrogen and oxygen atoms in total. The van der Waals surface area contributed by atoms with Crippen molar-refractivity contribution in [2.45, 2.75) is 49.1 Å². The number of nitrogens with two attached hydrogens (primary N) is 2. The van der Waals surface area contributed by atoms with E-state index in [1.54, 1.807) is 0 Å². The van der Waals surface area contributed by atoms with Crippen molar-refractivity contribution in [3.63, 3.8) is 0 Å². The second-order valence-corrected chi connectivity index (χ2v) is 12.7. The van der Waals surface area contributed by atoms with E-state index in [1.807, 2.05) is 0 Å². The Bertz CT molecular complexity index is 1630. The summed E-state index contributed by atoms with van der Waals surface area (Å²) in [5.74, 6) is -0.714. The number of rotatable bonds is 11. The van der Waals surface area contributed by atoms with Gasteiger partial charge in [0.05, 0.1) is 19.5 Å². The van der Waals surface area contributed by atoms with Gasteiger partial charge in [0, 0.05) is 6.07 Å². The molecule has 5 rings (SSSR count). The van der Waals surface area contributed by atoms with Crippen LogP contribution in [0, 0.1) is 0 Å². The number of nitrogens with zero attached hydrogens (tertiary/aromatic N) is 5. The van der Waals surface area contributed by atoms with Gasteiger partial charge in [-0.2, -0.15) is 8.88 Å². The van der Waals surface area contributed by atoms with Gasteiger partial charge in [0.25, 0.3) is 12.1 Å². The molecule has 0 spiro atoms. The Hall–Kier alpha value is -3.01. The van der Waals surface area contributed by atoms with Crippen molar-refractivity contribution in [3.8, 4) is 0 Å². The van der Waals surface area contributed by atoms with Crippen LogP contribution in [0.2, 0.25) is 0 Å². The van der Waals surface area contributed by atoms with Gasteiger partial charge in [-0.05, 0) is 6.07 Å². The number of phosphoric acid groups is 2. The Morgan fingerprint density at radius 3 is 2.27 bits per heavy atom. The molecular formula is C21H28N7O14P2+. The van der Waals surface area contributed by atoms with Crippen molar-refractivity contribution >= 4 is 38.5 Å². The Kier molecular flexibility index (Phi) is 9.13. The third-order valence-corrected chi connectivity index (χ3v) is 9.35. The Labute approximate surface area is 246 Å². The molecule has 3 aromatic rings. The molecule has 0 radical (unpaired) electrons. The van der Waals surface area contributed by atoms with Gasteiger partial charge in [-0.15, -0.1) is 0 Å². The van der Waals surface area contributed by atoms with E-state index >= 15 is 0 Å². The van der Waals surface area contributed by atoms with Gasteiger partial charge in [0.2, 0.25) is 0 Å². The van der Waals surface area contributed by atoms with Gasteiger partial charge < -0.3 is 51.2 Å². The number of primary amides is 1. The van der Waals surface area contributed by atoms with Crippen LogP contribution < -0.4 is 16.0 Å². The molecule has 2 saturated heterocycles. The Balaban J connectivity index is 1.16. The van der Waals surface area contributed by atoms with Crippen LogP contribution in [-0.4, -0.2) is 105 Å². The lowest BCUT2D eigenvalue weighted by molar-refractivity contribution is -0.765. The molecule has 10 N–H and O–H groups in total. The largest absolute Gasteiger partial charge is 0.481 e. The molecule has 3 aromatic heterocycles. The van der Waals surface area contributed by atoms with Crippen LogP contribution in [0.3, 0.4) is 0 Å². The first kappa shape index (κ1) is 32.4. The van der Waals surface area contributed by atoms with E-state index < -0.39 is 83.8 Å². The first-order chi connectivity index (χ1) is 20.7. The molecule has 2 aliphatic rings. The lowest BCUT2D eigenvalue weighted by atomic mass is 10.1. The average molecular weight is 664 g/mol. The predicted molar refractivity (Wildman–Crippen MR) is 139 cm³/mol. The summed E-state index contributed by atoms with van der Waals surface area (Å²) in [5, 5.41) is 41.6. The smallest absolute Gasteiger partial charge is 0.387 e. The summed E-state index contributed by atoms with van der Waals surface area (Å²) in [5.41, 5.74) is 11.4. The number of amides is 1. The minimum Gasteiger partial charge on any atom is -0.387 e. The number of hydrogen-bond acceptors (Lipinski definition) is 16. The molecular weight excluding hydrogens is 636 g/mol. The highest BCUT2D eigenvalue weighted by molar-refractivity contribution is 7.61. The highest BCUT2D eigenvalue weighted by Crippen LogP contribution is 2.60. The number of ether oxygens (including phenoxy) is 2. The monoisotopic (exact) mass is 664 g/mol. The predicted octanol–water partition coefficient (Wildman–Crippen LogP) is -3.02. The lowest BCUT2D eigenvalue weighted by Crippen LogP contribution is -2.46. The second kappa shape index (κ2) is 12.4. The molecule has 0 bridgehead atoms. The van der Waals surface area contributed by atoms with Crippen LogP contribution >= 0.6 is 15.6 Å². The maximum Gasteiger partial charge on any atom is 0.481 e. The number of carbonyl (C=O) groups is 1. The highest BCUT2D eigenvalue weighted by atomic mass is 31.3. The third-order valence-electron chi connectivity index (χ3n) is 6.75. The molecule has 240 valence electrons. The topological polar surface area (TPSA) is 318 Å². The number of fused-ring (bicyclic) bond motifs is 1. The van der Waals surface area contributed by atoms with Gasteiger partial charge >= 0.3 is 15.6 Å². The molecule has 0 aliphatic carbocycles. The molecule has 0 aromatic carbocycles. The second-order valence-electron chi connectivity index (χ2n) is 9.69. The summed E-state index contributed by atoms with van der Waals surface area (Å²) in [7, 11) is -10.7. The SMILES string of the molecule is NC(=O)c1ccc[n+]([C@@H]2O[C@H](COP(=O)(O)OP(=O)(O)OC[C@@H]3O[C@H](n4cnc5c(N)ncnc54)[C@H](O)[C@@H]3O)[C@@H](O)[C@H]2O)c1. The van der Waals surface area contributed by atoms with Gasteiger partial charge in [-0.3, -0.25) is 18.4 Å². The molecule has 2 aliphatic heterocycles. The number of nitrogen functional groups attached to an aromatic ring is 1. The summed E-state index contributed by atoms with van der Waals surface area (Å²) in [4.78, 5) is 43.3. The molecule has 0 saturated carbocycles. The van der Waals surface area contributed by atoms with Crippen LogP contribution in [-0.2, 0) is 32.0 Å². The van der Waals surface area contributed by atoms with Crippen LogP contribution in [0.5, 0.6) is 0 Å². The van der Waals surface area contributed by atoms with Gasteiger partial charge in [0.15, 0.2) is 36.2 Å². The number of aliphatic hydroxyl groups excluding tert-OH is 4. The summed E-state index contributed by atoms with van der Waals surface area (Å²) in [6.45, 7) is -1.80. The van der Waals surface area contributed by atoms with E-state index in [4.69, 9.17) is 25.5 Å².